The Kier molecular flexibility index (Phi) is 10.9. The number of nitrogens with zero attached hydrogens (tertiary/aromatic N) is 4. The Labute approximate surface area is 209 Å². The third-order valence-electron chi connectivity index (χ3n) is 7.71. The molecule has 192 valence electrons. The van der Waals surface area contributed by atoms with Crippen molar-refractivity contribution < 1.29 is 0 Å². The number of rotatable bonds is 14. The number of anilines is 3. The van der Waals surface area contributed by atoms with Gasteiger partial charge >= 0.3 is 0 Å². The van der Waals surface area contributed by atoms with Crippen LogP contribution in [-0.4, -0.2) is 43.4 Å². The number of nitrogens with one attached hydrogen (secondary N) is 1. The third-order valence-corrected chi connectivity index (χ3v) is 7.71. The van der Waals surface area contributed by atoms with E-state index in [1.807, 2.05) is 31.2 Å². The molecule has 3 atom stereocenters. The fourth-order valence-electron chi connectivity index (χ4n) is 5.11. The van der Waals surface area contributed by atoms with Gasteiger partial charge in [0, 0.05) is 26.2 Å². The molecule has 0 spiro atoms. The molecular formula is C28H50N6. The minimum Gasteiger partial charge on any atom is -0.385 e. The number of hydrogen-bond donors (Lipinski definition) is 2. The maximum atomic E-state index is 5.77. The van der Waals surface area contributed by atoms with Gasteiger partial charge in [0.05, 0.1) is 11.4 Å². The Balaban J connectivity index is 2.17. The molecule has 6 nitrogen and oxygen atoms in total. The van der Waals surface area contributed by atoms with E-state index in [0.717, 1.165) is 73.6 Å². The van der Waals surface area contributed by atoms with E-state index in [0.29, 0.717) is 5.92 Å². The number of aromatic nitrogens is 1. The van der Waals surface area contributed by atoms with E-state index in [9.17, 15) is 0 Å². The molecule has 0 amide bonds. The van der Waals surface area contributed by atoms with Crippen LogP contribution >= 0.6 is 0 Å². The van der Waals surface area contributed by atoms with Gasteiger partial charge in [-0.05, 0) is 88.5 Å². The van der Waals surface area contributed by atoms with Crippen molar-refractivity contribution in [2.24, 2.45) is 28.6 Å². The van der Waals surface area contributed by atoms with Gasteiger partial charge in [-0.3, -0.25) is 5.01 Å². The highest BCUT2D eigenvalue weighted by molar-refractivity contribution is 5.95. The molecule has 0 bridgehead atoms. The minimum atomic E-state index is 0.0525. The van der Waals surface area contributed by atoms with Crippen molar-refractivity contribution in [1.29, 1.82) is 0 Å². The van der Waals surface area contributed by atoms with E-state index >= 15 is 0 Å². The first-order chi connectivity index (χ1) is 16.2. The molecule has 0 saturated carbocycles. The van der Waals surface area contributed by atoms with Gasteiger partial charge in [0.2, 0.25) is 0 Å². The Morgan fingerprint density at radius 2 is 2.09 bits per heavy atom. The fourth-order valence-corrected chi connectivity index (χ4v) is 5.11. The zero-order valence-electron chi connectivity index (χ0n) is 22.9. The van der Waals surface area contributed by atoms with Gasteiger partial charge in [0.15, 0.2) is 11.6 Å². The van der Waals surface area contributed by atoms with Crippen LogP contribution in [0.25, 0.3) is 0 Å². The number of hydrogen-bond acceptors (Lipinski definition) is 6. The lowest BCUT2D eigenvalue weighted by Crippen LogP contribution is -2.39. The van der Waals surface area contributed by atoms with E-state index in [2.05, 4.69) is 57.5 Å². The van der Waals surface area contributed by atoms with Crippen molar-refractivity contribution >= 4 is 23.0 Å². The van der Waals surface area contributed by atoms with Crippen LogP contribution in [0.5, 0.6) is 0 Å². The van der Waals surface area contributed by atoms with Crippen LogP contribution in [0.1, 0.15) is 79.6 Å². The molecule has 3 N–H and O–H groups in total. The molecule has 34 heavy (non-hydrogen) atoms. The Morgan fingerprint density at radius 3 is 2.71 bits per heavy atom. The van der Waals surface area contributed by atoms with Crippen molar-refractivity contribution in [3.8, 4) is 0 Å². The first-order valence-corrected chi connectivity index (χ1v) is 13.3. The highest BCUT2D eigenvalue weighted by Crippen LogP contribution is 2.41. The maximum absolute atomic E-state index is 5.77. The van der Waals surface area contributed by atoms with Gasteiger partial charge in [-0.15, -0.1) is 0 Å². The van der Waals surface area contributed by atoms with Crippen molar-refractivity contribution in [3.05, 3.63) is 24.8 Å². The molecule has 1 saturated heterocycles. The standard InChI is InChI=1S/C28H50N6/c1-9-21(3)22(4)13-11-15-24(10-2)32-33(8)26-17-16-25(30-7)27(31-26)34-20-23(14-12-18-29)19-28(34,5)6/h10,16-17,21-23,30H,2,9,11-15,18-20,29H2,1,3-8H3/b32-24+. The van der Waals surface area contributed by atoms with Crippen molar-refractivity contribution in [2.45, 2.75) is 85.1 Å². The van der Waals surface area contributed by atoms with Gasteiger partial charge in [-0.1, -0.05) is 40.2 Å². The number of allylic oxidation sites excluding steroid dienone is 1. The van der Waals surface area contributed by atoms with Gasteiger partial charge in [-0.25, -0.2) is 4.98 Å². The van der Waals surface area contributed by atoms with Crippen molar-refractivity contribution in [3.63, 3.8) is 0 Å². The summed E-state index contributed by atoms with van der Waals surface area (Å²) in [6.45, 7) is 17.4. The van der Waals surface area contributed by atoms with E-state index in [1.165, 1.54) is 19.3 Å². The summed E-state index contributed by atoms with van der Waals surface area (Å²) in [5.74, 6) is 4.01. The average molecular weight is 471 g/mol. The van der Waals surface area contributed by atoms with Crippen molar-refractivity contribution in [1.82, 2.24) is 4.98 Å². The topological polar surface area (TPSA) is 69.8 Å². The monoisotopic (exact) mass is 470 g/mol. The summed E-state index contributed by atoms with van der Waals surface area (Å²) in [4.78, 5) is 7.55. The quantitative estimate of drug-likeness (QED) is 0.247. The lowest BCUT2D eigenvalue weighted by Gasteiger charge is -2.34. The highest BCUT2D eigenvalue weighted by Gasteiger charge is 2.39. The normalized spacial score (nSPS) is 19.7. The maximum Gasteiger partial charge on any atom is 0.154 e. The van der Waals surface area contributed by atoms with E-state index in [1.54, 1.807) is 0 Å². The molecular weight excluding hydrogens is 420 g/mol. The molecule has 2 rings (SSSR count). The number of hydrazone groups is 1. The number of pyridine rings is 1. The largest absolute Gasteiger partial charge is 0.385 e. The summed E-state index contributed by atoms with van der Waals surface area (Å²) < 4.78 is 0. The first-order valence-electron chi connectivity index (χ1n) is 13.3. The Bertz CT molecular complexity index is 802. The molecule has 1 aromatic rings. The van der Waals surface area contributed by atoms with Crippen LogP contribution in [0.3, 0.4) is 0 Å². The van der Waals surface area contributed by atoms with Gasteiger partial charge in [0.25, 0.3) is 0 Å². The van der Waals surface area contributed by atoms with Crippen LogP contribution in [0.4, 0.5) is 17.3 Å². The molecule has 2 heterocycles. The van der Waals surface area contributed by atoms with Gasteiger partial charge < -0.3 is 16.0 Å². The molecule has 1 fully saturated rings. The second kappa shape index (κ2) is 13.1. The second-order valence-corrected chi connectivity index (χ2v) is 10.8. The smallest absolute Gasteiger partial charge is 0.154 e. The van der Waals surface area contributed by atoms with Crippen LogP contribution in [0, 0.1) is 17.8 Å². The summed E-state index contributed by atoms with van der Waals surface area (Å²) >= 11 is 0. The summed E-state index contributed by atoms with van der Waals surface area (Å²) in [6.07, 6.45) is 9.84. The van der Waals surface area contributed by atoms with Crippen LogP contribution in [-0.2, 0) is 0 Å². The van der Waals surface area contributed by atoms with Crippen LogP contribution in [0.15, 0.2) is 29.9 Å². The molecule has 0 radical (unpaired) electrons. The van der Waals surface area contributed by atoms with E-state index in [4.69, 9.17) is 15.8 Å². The lowest BCUT2D eigenvalue weighted by atomic mass is 9.89. The van der Waals surface area contributed by atoms with Gasteiger partial charge in [0.1, 0.15) is 0 Å². The lowest BCUT2D eigenvalue weighted by molar-refractivity contribution is 0.349. The van der Waals surface area contributed by atoms with E-state index in [-0.39, 0.29) is 5.54 Å². The summed E-state index contributed by atoms with van der Waals surface area (Å²) in [7, 11) is 3.95. The molecule has 1 aliphatic heterocycles. The summed E-state index contributed by atoms with van der Waals surface area (Å²) in [5, 5.41) is 10.1. The molecule has 1 aromatic heterocycles. The SMILES string of the molecule is C=C/C(CCCC(C)C(C)CC)=N\N(C)c1ccc(NC)c(N2CC(CCCN)CC2(C)C)n1. The zero-order valence-corrected chi connectivity index (χ0v) is 22.9. The summed E-state index contributed by atoms with van der Waals surface area (Å²) in [6, 6.07) is 4.16. The second-order valence-electron chi connectivity index (χ2n) is 10.8. The average Bonchev–Trinajstić information content (AvgIpc) is 3.14. The summed E-state index contributed by atoms with van der Waals surface area (Å²) in [5.41, 5.74) is 7.90. The van der Waals surface area contributed by atoms with Crippen LogP contribution in [0.2, 0.25) is 0 Å². The molecule has 3 unspecified atom stereocenters. The van der Waals surface area contributed by atoms with Crippen LogP contribution < -0.4 is 21.0 Å². The molecule has 1 aliphatic rings. The zero-order chi connectivity index (χ0) is 25.3. The molecule has 0 aromatic carbocycles. The third kappa shape index (κ3) is 7.46. The predicted octanol–water partition coefficient (Wildman–Crippen LogP) is 6.30. The predicted molar refractivity (Wildman–Crippen MR) is 150 cm³/mol. The fraction of sp³-hybridized carbons (Fsp3) is 0.714. The molecule has 0 aliphatic carbocycles. The van der Waals surface area contributed by atoms with E-state index < -0.39 is 0 Å². The number of nitrogens with two attached hydrogens (primary N) is 1. The Hall–Kier alpha value is -2.08. The molecule has 6 heteroatoms. The Morgan fingerprint density at radius 1 is 1.35 bits per heavy atom. The first kappa shape index (κ1) is 28.2. The van der Waals surface area contributed by atoms with Gasteiger partial charge in [-0.2, -0.15) is 5.10 Å². The van der Waals surface area contributed by atoms with Crippen molar-refractivity contribution in [2.75, 3.05) is 42.4 Å². The highest BCUT2D eigenvalue weighted by atomic mass is 15.5. The minimum absolute atomic E-state index is 0.0525.